The quantitative estimate of drug-likeness (QED) is 0.595. The Kier molecular flexibility index (Phi) is 5.11. The number of nitrogens with zero attached hydrogens (tertiary/aromatic N) is 3. The van der Waals surface area contributed by atoms with Crippen LogP contribution in [0.15, 0.2) is 32.4 Å². The molecular formula is C24H29N3O7. The van der Waals surface area contributed by atoms with E-state index in [0.29, 0.717) is 24.0 Å². The third-order valence-corrected chi connectivity index (χ3v) is 8.39. The van der Waals surface area contributed by atoms with Crippen molar-refractivity contribution in [3.05, 3.63) is 43.8 Å². The van der Waals surface area contributed by atoms with Gasteiger partial charge >= 0.3 is 23.3 Å². The van der Waals surface area contributed by atoms with Crippen molar-refractivity contribution in [2.75, 3.05) is 14.2 Å². The molecule has 4 aliphatic rings. The van der Waals surface area contributed by atoms with Crippen molar-refractivity contribution in [2.24, 2.45) is 24.3 Å². The summed E-state index contributed by atoms with van der Waals surface area (Å²) < 4.78 is 13.8. The van der Waals surface area contributed by atoms with E-state index in [9.17, 15) is 24.0 Å². The molecule has 10 heteroatoms. The zero-order chi connectivity index (χ0) is 24.5. The van der Waals surface area contributed by atoms with Crippen LogP contribution in [0.1, 0.15) is 57.5 Å². The number of Topliss-reactive ketones (excluding diaryl/α,β-unsaturated/α-hetero) is 1. The van der Waals surface area contributed by atoms with Crippen LogP contribution in [0.4, 0.5) is 0 Å². The highest BCUT2D eigenvalue weighted by atomic mass is 16.5. The molecule has 5 rings (SSSR count). The molecule has 34 heavy (non-hydrogen) atoms. The monoisotopic (exact) mass is 471 g/mol. The standard InChI is InChI=1S/C24H29N3O7/c1-12-16-17-15(27-23(32)25(2)22(31)26(12)27)11-13(20(29)33-3)10-14(21(30)34-4)18(17)24(19(16)28)8-6-5-7-9-24/h10,12,14-15,18H,5-9,11H2,1-4H3/t12-,14+,15+,18?/m0/s1. The molecule has 1 unspecified atom stereocenters. The fraction of sp³-hybridized carbons (Fsp3) is 0.625. The van der Waals surface area contributed by atoms with Gasteiger partial charge in [0, 0.05) is 35.9 Å². The van der Waals surface area contributed by atoms with Crippen molar-refractivity contribution in [3.63, 3.8) is 0 Å². The molecule has 1 aromatic rings. The first kappa shape index (κ1) is 22.6. The molecule has 3 aliphatic carbocycles. The number of esters is 2. The fourth-order valence-electron chi connectivity index (χ4n) is 6.95. The highest BCUT2D eigenvalue weighted by Crippen LogP contribution is 2.62. The van der Waals surface area contributed by atoms with Gasteiger partial charge in [-0.3, -0.25) is 9.59 Å². The highest BCUT2D eigenvalue weighted by molar-refractivity contribution is 6.06. The fourth-order valence-corrected chi connectivity index (χ4v) is 6.95. The third kappa shape index (κ3) is 2.71. The Labute approximate surface area is 195 Å². The Morgan fingerprint density at radius 3 is 2.26 bits per heavy atom. The lowest BCUT2D eigenvalue weighted by molar-refractivity contribution is -0.147. The largest absolute Gasteiger partial charge is 0.469 e. The molecule has 0 radical (unpaired) electrons. The van der Waals surface area contributed by atoms with Crippen LogP contribution in [-0.4, -0.2) is 45.9 Å². The normalized spacial score (nSPS) is 29.3. The predicted octanol–water partition coefficient (Wildman–Crippen LogP) is 1.20. The molecule has 182 valence electrons. The molecule has 1 spiro atoms. The number of allylic oxidation sites excluding steroid dienone is 2. The SMILES string of the molecule is COC(=O)C1=C[C@@H](C(=O)OC)C2C3=C(C(=O)C24CCCCC4)[C@H](C)n2c(=O)n(C)c(=O)n2[C@@H]3C1. The van der Waals surface area contributed by atoms with Crippen molar-refractivity contribution in [3.8, 4) is 0 Å². The Hall–Kier alpha value is -3.17. The van der Waals surface area contributed by atoms with Gasteiger partial charge in [0.05, 0.1) is 32.2 Å². The number of ketones is 1. The van der Waals surface area contributed by atoms with Crippen molar-refractivity contribution in [2.45, 2.75) is 57.5 Å². The number of hydrogen-bond donors (Lipinski definition) is 0. The third-order valence-electron chi connectivity index (χ3n) is 8.39. The second-order valence-corrected chi connectivity index (χ2v) is 9.83. The average Bonchev–Trinajstić information content (AvgIpc) is 3.12. The van der Waals surface area contributed by atoms with Crippen LogP contribution in [0.25, 0.3) is 0 Å². The lowest BCUT2D eigenvalue weighted by Crippen LogP contribution is -2.43. The van der Waals surface area contributed by atoms with Gasteiger partial charge in [0.25, 0.3) is 0 Å². The second kappa shape index (κ2) is 7.68. The van der Waals surface area contributed by atoms with Gasteiger partial charge < -0.3 is 9.47 Å². The molecule has 1 saturated carbocycles. The van der Waals surface area contributed by atoms with E-state index in [0.717, 1.165) is 23.8 Å². The van der Waals surface area contributed by atoms with Crippen LogP contribution >= 0.6 is 0 Å². The summed E-state index contributed by atoms with van der Waals surface area (Å²) in [6, 6.07) is -1.41. The molecule has 0 amide bonds. The molecule has 1 aromatic heterocycles. The van der Waals surface area contributed by atoms with Crippen molar-refractivity contribution in [1.82, 2.24) is 13.9 Å². The smallest absolute Gasteiger partial charge is 0.347 e. The van der Waals surface area contributed by atoms with Crippen LogP contribution < -0.4 is 11.4 Å². The summed E-state index contributed by atoms with van der Waals surface area (Å²) >= 11 is 0. The summed E-state index contributed by atoms with van der Waals surface area (Å²) in [5, 5.41) is 0. The average molecular weight is 472 g/mol. The highest BCUT2D eigenvalue weighted by Gasteiger charge is 2.62. The van der Waals surface area contributed by atoms with Gasteiger partial charge in [0.1, 0.15) is 0 Å². The van der Waals surface area contributed by atoms with Crippen LogP contribution in [0.2, 0.25) is 0 Å². The van der Waals surface area contributed by atoms with E-state index < -0.39 is 52.7 Å². The minimum absolute atomic E-state index is 0.0366. The van der Waals surface area contributed by atoms with Gasteiger partial charge in [-0.15, -0.1) is 0 Å². The summed E-state index contributed by atoms with van der Waals surface area (Å²) in [6.45, 7) is 1.75. The predicted molar refractivity (Wildman–Crippen MR) is 119 cm³/mol. The Balaban J connectivity index is 1.85. The number of rotatable bonds is 2. The van der Waals surface area contributed by atoms with Crippen LogP contribution in [0.5, 0.6) is 0 Å². The van der Waals surface area contributed by atoms with E-state index in [1.807, 2.05) is 0 Å². The molecule has 2 heterocycles. The number of hydrogen-bond acceptors (Lipinski definition) is 7. The van der Waals surface area contributed by atoms with Gasteiger partial charge in [-0.05, 0) is 25.3 Å². The first-order chi connectivity index (χ1) is 16.2. The van der Waals surface area contributed by atoms with Crippen molar-refractivity contribution >= 4 is 17.7 Å². The van der Waals surface area contributed by atoms with Crippen LogP contribution in [-0.2, 0) is 30.9 Å². The van der Waals surface area contributed by atoms with Gasteiger partial charge in [0.15, 0.2) is 5.78 Å². The minimum atomic E-state index is -0.872. The summed E-state index contributed by atoms with van der Waals surface area (Å²) in [7, 11) is 3.94. The van der Waals surface area contributed by atoms with Crippen molar-refractivity contribution in [1.29, 1.82) is 0 Å². The van der Waals surface area contributed by atoms with Crippen LogP contribution in [0.3, 0.4) is 0 Å². The number of carbonyl (C=O) groups is 3. The Morgan fingerprint density at radius 2 is 1.65 bits per heavy atom. The molecule has 4 atom stereocenters. The first-order valence-corrected chi connectivity index (χ1v) is 11.7. The maximum Gasteiger partial charge on any atom is 0.347 e. The first-order valence-electron chi connectivity index (χ1n) is 11.7. The summed E-state index contributed by atoms with van der Waals surface area (Å²) in [5.74, 6) is -2.61. The van der Waals surface area contributed by atoms with E-state index in [1.54, 1.807) is 13.0 Å². The van der Waals surface area contributed by atoms with Crippen molar-refractivity contribution < 1.29 is 23.9 Å². The molecular weight excluding hydrogens is 442 g/mol. The number of fused-ring (bicyclic) bond motifs is 3. The number of ether oxygens (including phenoxy) is 2. The number of aromatic nitrogens is 3. The van der Waals surface area contributed by atoms with E-state index in [1.165, 1.54) is 30.6 Å². The molecule has 0 bridgehead atoms. The number of methoxy groups -OCH3 is 2. The summed E-state index contributed by atoms with van der Waals surface area (Å²) in [5.41, 5.74) is -0.447. The van der Waals surface area contributed by atoms with E-state index in [-0.39, 0.29) is 17.8 Å². The Bertz CT molecular complexity index is 1280. The minimum Gasteiger partial charge on any atom is -0.469 e. The van der Waals surface area contributed by atoms with Gasteiger partial charge in [-0.25, -0.2) is 28.3 Å². The van der Waals surface area contributed by atoms with E-state index >= 15 is 0 Å². The maximum absolute atomic E-state index is 14.2. The molecule has 1 fully saturated rings. The van der Waals surface area contributed by atoms with Gasteiger partial charge in [-0.2, -0.15) is 0 Å². The topological polar surface area (TPSA) is 119 Å². The summed E-state index contributed by atoms with van der Waals surface area (Å²) in [4.78, 5) is 66.3. The molecule has 1 aliphatic heterocycles. The lowest BCUT2D eigenvalue weighted by atomic mass is 9.61. The Morgan fingerprint density at radius 1 is 1.00 bits per heavy atom. The van der Waals surface area contributed by atoms with E-state index in [4.69, 9.17) is 9.47 Å². The van der Waals surface area contributed by atoms with E-state index in [2.05, 4.69) is 0 Å². The van der Waals surface area contributed by atoms with Gasteiger partial charge in [0.2, 0.25) is 0 Å². The van der Waals surface area contributed by atoms with Crippen LogP contribution in [0, 0.1) is 17.3 Å². The molecule has 0 N–H and O–H groups in total. The zero-order valence-corrected chi connectivity index (χ0v) is 19.8. The molecule has 0 saturated heterocycles. The zero-order valence-electron chi connectivity index (χ0n) is 19.8. The molecule has 10 nitrogen and oxygen atoms in total. The molecule has 0 aromatic carbocycles. The summed E-state index contributed by atoms with van der Waals surface area (Å²) in [6.07, 6.45) is 5.52. The lowest BCUT2D eigenvalue weighted by Gasteiger charge is -2.41. The maximum atomic E-state index is 14.2. The van der Waals surface area contributed by atoms with Gasteiger partial charge in [-0.1, -0.05) is 25.3 Å². The number of carbonyl (C=O) groups excluding carboxylic acids is 3. The second-order valence-electron chi connectivity index (χ2n) is 9.83.